The molecule has 1 amide bonds. The first kappa shape index (κ1) is 21.7. The van der Waals surface area contributed by atoms with Crippen LogP contribution in [0.4, 0.5) is 5.82 Å². The molecule has 5 rings (SSSR count). The van der Waals surface area contributed by atoms with Crippen LogP contribution in [0, 0.1) is 5.92 Å². The number of anilines is 1. The average molecular weight is 441 g/mol. The monoisotopic (exact) mass is 440 g/mol. The summed E-state index contributed by atoms with van der Waals surface area (Å²) in [5.74, 6) is 1.68. The Morgan fingerprint density at radius 2 is 1.67 bits per heavy atom. The van der Waals surface area contributed by atoms with Crippen molar-refractivity contribution in [2.75, 3.05) is 37.6 Å². The van der Waals surface area contributed by atoms with Crippen LogP contribution >= 0.6 is 0 Å². The predicted molar refractivity (Wildman–Crippen MR) is 132 cm³/mol. The van der Waals surface area contributed by atoms with E-state index >= 15 is 0 Å². The molecule has 2 fully saturated rings. The van der Waals surface area contributed by atoms with Gasteiger partial charge < -0.3 is 15.1 Å². The Balaban J connectivity index is 1.21. The highest BCUT2D eigenvalue weighted by Crippen LogP contribution is 2.25. The van der Waals surface area contributed by atoms with Crippen molar-refractivity contribution < 1.29 is 4.79 Å². The minimum Gasteiger partial charge on any atom is -0.353 e. The molecule has 2 aliphatic rings. The molecule has 3 heterocycles. The average Bonchev–Trinajstić information content (AvgIpc) is 2.90. The first-order valence-electron chi connectivity index (χ1n) is 12.1. The van der Waals surface area contributed by atoms with Crippen LogP contribution < -0.4 is 10.2 Å². The molecule has 1 aromatic heterocycles. The van der Waals surface area contributed by atoms with Gasteiger partial charge in [0, 0.05) is 50.5 Å². The fourth-order valence-electron chi connectivity index (χ4n) is 5.06. The van der Waals surface area contributed by atoms with Crippen molar-refractivity contribution in [1.29, 1.82) is 0 Å². The predicted octanol–water partition coefficient (Wildman–Crippen LogP) is 4.33. The van der Waals surface area contributed by atoms with Gasteiger partial charge in [-0.1, -0.05) is 60.7 Å². The molecule has 0 saturated carbocycles. The minimum atomic E-state index is 0.131. The molecule has 0 spiro atoms. The highest BCUT2D eigenvalue weighted by Gasteiger charge is 2.26. The summed E-state index contributed by atoms with van der Waals surface area (Å²) in [6.07, 6.45) is 5.02. The summed E-state index contributed by atoms with van der Waals surface area (Å²) in [6, 6.07) is 25.3. The largest absolute Gasteiger partial charge is 0.353 e. The molecule has 5 nitrogen and oxygen atoms in total. The molecule has 1 atom stereocenters. The third kappa shape index (κ3) is 5.25. The maximum Gasteiger partial charge on any atom is 0.254 e. The van der Waals surface area contributed by atoms with Gasteiger partial charge in [0.1, 0.15) is 5.82 Å². The molecule has 0 aliphatic carbocycles. The summed E-state index contributed by atoms with van der Waals surface area (Å²) in [5, 5.41) is 3.60. The number of benzene rings is 2. The number of pyridine rings is 1. The lowest BCUT2D eigenvalue weighted by molar-refractivity contribution is 0.0690. The van der Waals surface area contributed by atoms with E-state index in [1.807, 2.05) is 23.1 Å². The lowest BCUT2D eigenvalue weighted by atomic mass is 9.90. The van der Waals surface area contributed by atoms with Crippen LogP contribution in [-0.2, 0) is 6.42 Å². The van der Waals surface area contributed by atoms with Gasteiger partial charge >= 0.3 is 0 Å². The van der Waals surface area contributed by atoms with E-state index < -0.39 is 0 Å². The van der Waals surface area contributed by atoms with Gasteiger partial charge in [-0.05, 0) is 48.4 Å². The van der Waals surface area contributed by atoms with Gasteiger partial charge in [-0.3, -0.25) is 4.79 Å². The van der Waals surface area contributed by atoms with Crippen LogP contribution in [0.15, 0.2) is 79.0 Å². The first-order valence-corrected chi connectivity index (χ1v) is 12.1. The first-order chi connectivity index (χ1) is 16.3. The Hall–Kier alpha value is -3.18. The number of rotatable bonds is 5. The number of piperidine rings is 1. The molecular formula is C28H32N4O. The third-order valence-electron chi connectivity index (χ3n) is 6.96. The quantitative estimate of drug-likeness (QED) is 0.642. The van der Waals surface area contributed by atoms with Gasteiger partial charge in [-0.15, -0.1) is 0 Å². The number of likely N-dealkylation sites (tertiary alicyclic amines) is 1. The second kappa shape index (κ2) is 10.2. The Morgan fingerprint density at radius 3 is 2.42 bits per heavy atom. The van der Waals surface area contributed by atoms with Crippen LogP contribution in [0.5, 0.6) is 0 Å². The standard InChI is InChI=1S/C28H32N4O/c33-28(31-16-12-23(13-17-31)19-22-7-3-1-4-8-22)25-11-14-30-27(20-25)32-18-15-29-26(21-32)24-9-5-2-6-10-24/h1-11,14,20,23,26,29H,12-13,15-19,21H2/t26-/m0/s1. The molecule has 0 unspecified atom stereocenters. The highest BCUT2D eigenvalue weighted by molar-refractivity contribution is 5.95. The van der Waals surface area contributed by atoms with Gasteiger partial charge in [0.15, 0.2) is 0 Å². The van der Waals surface area contributed by atoms with E-state index in [1.165, 1.54) is 11.1 Å². The molecule has 2 saturated heterocycles. The highest BCUT2D eigenvalue weighted by atomic mass is 16.2. The van der Waals surface area contributed by atoms with Crippen LogP contribution in [-0.4, -0.2) is 48.5 Å². The molecular weight excluding hydrogens is 408 g/mol. The van der Waals surface area contributed by atoms with Crippen molar-refractivity contribution in [2.24, 2.45) is 5.92 Å². The molecule has 2 aromatic carbocycles. The normalized spacial score (nSPS) is 19.5. The zero-order valence-corrected chi connectivity index (χ0v) is 19.1. The zero-order valence-electron chi connectivity index (χ0n) is 19.1. The lowest BCUT2D eigenvalue weighted by Crippen LogP contribution is -2.46. The van der Waals surface area contributed by atoms with Crippen molar-refractivity contribution in [3.63, 3.8) is 0 Å². The molecule has 33 heavy (non-hydrogen) atoms. The van der Waals surface area contributed by atoms with Crippen molar-refractivity contribution in [3.05, 3.63) is 95.7 Å². The van der Waals surface area contributed by atoms with E-state index in [2.05, 4.69) is 69.8 Å². The summed E-state index contributed by atoms with van der Waals surface area (Å²) in [5.41, 5.74) is 3.43. The number of carbonyl (C=O) groups is 1. The number of piperazine rings is 1. The topological polar surface area (TPSA) is 48.5 Å². The van der Waals surface area contributed by atoms with E-state index in [0.29, 0.717) is 5.92 Å². The summed E-state index contributed by atoms with van der Waals surface area (Å²) < 4.78 is 0. The maximum atomic E-state index is 13.3. The Bertz CT molecular complexity index is 1050. The van der Waals surface area contributed by atoms with E-state index in [4.69, 9.17) is 0 Å². The second-order valence-electron chi connectivity index (χ2n) is 9.19. The number of aromatic nitrogens is 1. The van der Waals surface area contributed by atoms with Crippen LogP contribution in [0.2, 0.25) is 0 Å². The maximum absolute atomic E-state index is 13.3. The molecule has 3 aromatic rings. The van der Waals surface area contributed by atoms with Crippen LogP contribution in [0.3, 0.4) is 0 Å². The smallest absolute Gasteiger partial charge is 0.254 e. The van der Waals surface area contributed by atoms with E-state index in [1.54, 1.807) is 6.20 Å². The molecule has 2 aliphatic heterocycles. The fraction of sp³-hybridized carbons (Fsp3) is 0.357. The fourth-order valence-corrected chi connectivity index (χ4v) is 5.06. The SMILES string of the molecule is O=C(c1ccnc(N2CCN[C@H](c3ccccc3)C2)c1)N1CCC(Cc2ccccc2)CC1. The van der Waals surface area contributed by atoms with Gasteiger partial charge in [0.25, 0.3) is 5.91 Å². The second-order valence-corrected chi connectivity index (χ2v) is 9.19. The number of amides is 1. The van der Waals surface area contributed by atoms with E-state index in [9.17, 15) is 4.79 Å². The van der Waals surface area contributed by atoms with Crippen molar-refractivity contribution in [2.45, 2.75) is 25.3 Å². The summed E-state index contributed by atoms with van der Waals surface area (Å²) in [6.45, 7) is 4.29. The summed E-state index contributed by atoms with van der Waals surface area (Å²) in [4.78, 5) is 22.2. The van der Waals surface area contributed by atoms with Gasteiger partial charge in [-0.2, -0.15) is 0 Å². The zero-order chi connectivity index (χ0) is 22.5. The van der Waals surface area contributed by atoms with E-state index in [-0.39, 0.29) is 11.9 Å². The molecule has 5 heteroatoms. The Labute approximate surface area is 196 Å². The van der Waals surface area contributed by atoms with Gasteiger partial charge in [0.05, 0.1) is 0 Å². The number of nitrogens with zero attached hydrogens (tertiary/aromatic N) is 3. The number of hydrogen-bond acceptors (Lipinski definition) is 4. The molecule has 170 valence electrons. The molecule has 0 bridgehead atoms. The van der Waals surface area contributed by atoms with Gasteiger partial charge in [0.2, 0.25) is 0 Å². The van der Waals surface area contributed by atoms with Crippen LogP contribution in [0.1, 0.15) is 40.4 Å². The van der Waals surface area contributed by atoms with Crippen molar-refractivity contribution >= 4 is 11.7 Å². The number of hydrogen-bond donors (Lipinski definition) is 1. The number of nitrogens with one attached hydrogen (secondary N) is 1. The van der Waals surface area contributed by atoms with Crippen LogP contribution in [0.25, 0.3) is 0 Å². The number of carbonyl (C=O) groups excluding carboxylic acids is 1. The summed E-state index contributed by atoms with van der Waals surface area (Å²) in [7, 11) is 0. The van der Waals surface area contributed by atoms with Gasteiger partial charge in [-0.25, -0.2) is 4.98 Å². The lowest BCUT2D eigenvalue weighted by Gasteiger charge is -2.35. The summed E-state index contributed by atoms with van der Waals surface area (Å²) >= 11 is 0. The Kier molecular flexibility index (Phi) is 6.68. The Morgan fingerprint density at radius 1 is 0.939 bits per heavy atom. The minimum absolute atomic E-state index is 0.131. The molecule has 0 radical (unpaired) electrons. The third-order valence-corrected chi connectivity index (χ3v) is 6.96. The molecule has 1 N–H and O–H groups in total. The van der Waals surface area contributed by atoms with E-state index in [0.717, 1.165) is 63.4 Å². The van der Waals surface area contributed by atoms with Crippen molar-refractivity contribution in [1.82, 2.24) is 15.2 Å². The van der Waals surface area contributed by atoms with Crippen molar-refractivity contribution in [3.8, 4) is 0 Å².